The minimum atomic E-state index is -1.53. The number of hydrogen-bond acceptors (Lipinski definition) is 8. The third kappa shape index (κ3) is 6.41. The van der Waals surface area contributed by atoms with E-state index in [1.165, 1.54) is 40.0 Å². The van der Waals surface area contributed by atoms with Crippen molar-refractivity contribution in [1.29, 1.82) is 21.0 Å². The summed E-state index contributed by atoms with van der Waals surface area (Å²) in [7, 11) is 0. The van der Waals surface area contributed by atoms with Crippen LogP contribution >= 0.6 is 0 Å². The van der Waals surface area contributed by atoms with Gasteiger partial charge in [-0.15, -0.1) is 0 Å². The molecule has 0 aromatic carbocycles. The molecule has 0 saturated carbocycles. The van der Waals surface area contributed by atoms with Gasteiger partial charge in [0.1, 0.15) is 0 Å². The molecule has 8 nitrogen and oxygen atoms in total. The molecule has 0 spiro atoms. The zero-order valence-electron chi connectivity index (χ0n) is 11.2. The van der Waals surface area contributed by atoms with Gasteiger partial charge in [0.05, 0.1) is 40.0 Å². The fourth-order valence-corrected chi connectivity index (χ4v) is 2.85. The van der Waals surface area contributed by atoms with Crippen molar-refractivity contribution in [1.82, 2.24) is 19.6 Å². The molecule has 4 saturated heterocycles. The monoisotopic (exact) mass is 648 g/mol. The van der Waals surface area contributed by atoms with Crippen LogP contribution in [0.5, 0.6) is 0 Å². The van der Waals surface area contributed by atoms with Gasteiger partial charge in [0.25, 0.3) is 0 Å². The van der Waals surface area contributed by atoms with Crippen LogP contribution in [0.25, 0.3) is 0 Å². The van der Waals surface area contributed by atoms with Crippen molar-refractivity contribution < 1.29 is 49.1 Å². The van der Waals surface area contributed by atoms with Crippen LogP contribution in [0.3, 0.4) is 0 Å². The first-order valence-corrected chi connectivity index (χ1v) is 17.1. The molecule has 4 aliphatic rings. The molecule has 20 heavy (non-hydrogen) atoms. The Morgan fingerprint density at radius 2 is 0.700 bits per heavy atom. The first kappa shape index (κ1) is 17.7. The molecule has 0 N–H and O–H groups in total. The minimum absolute atomic E-state index is 1.19. The molecule has 10 heteroatoms. The van der Waals surface area contributed by atoms with Crippen LogP contribution in [0, 0.1) is 35.4 Å². The Morgan fingerprint density at radius 3 is 0.800 bits per heavy atom. The maximum atomic E-state index is 7.69. The number of rotatable bonds is 0. The Morgan fingerprint density at radius 1 is 0.500 bits per heavy atom. The summed E-state index contributed by atoms with van der Waals surface area (Å²) in [6, 6.07) is 0. The molecular formula is C10H12Hg2N8. The normalized spacial score (nSPS) is 30.2. The van der Waals surface area contributed by atoms with Crippen molar-refractivity contribution in [2.75, 3.05) is 40.0 Å². The van der Waals surface area contributed by atoms with Gasteiger partial charge in [0.2, 0.25) is 0 Å². The summed E-state index contributed by atoms with van der Waals surface area (Å²) in [5.41, 5.74) is 0. The molecule has 0 amide bonds. The summed E-state index contributed by atoms with van der Waals surface area (Å²) in [4.78, 5) is 9.88. The Kier molecular flexibility index (Phi) is 9.22. The van der Waals surface area contributed by atoms with E-state index in [0.29, 0.717) is 0 Å². The second-order valence-electron chi connectivity index (χ2n) is 4.52. The molecule has 0 unspecified atom stereocenters. The third-order valence-corrected chi connectivity index (χ3v) is 5.17. The predicted molar refractivity (Wildman–Crippen MR) is 59.0 cm³/mol. The van der Waals surface area contributed by atoms with Crippen molar-refractivity contribution in [3.63, 3.8) is 0 Å². The standard InChI is InChI=1S/C6H12N4.4CN.2Hg/c1-7-2-9-4-8(1)5-10(3-7)6-9;4*1-2;;/h1-6H2;;;;;;. The first-order chi connectivity index (χ1) is 9.73. The van der Waals surface area contributed by atoms with E-state index in [1.807, 2.05) is 14.3 Å². The summed E-state index contributed by atoms with van der Waals surface area (Å²) in [6.45, 7) is 7.12. The summed E-state index contributed by atoms with van der Waals surface area (Å²) in [6.07, 6.45) is 0. The second-order valence-corrected chi connectivity index (χ2v) is 12.2. The van der Waals surface area contributed by atoms with E-state index in [0.717, 1.165) is 0 Å². The van der Waals surface area contributed by atoms with Crippen LogP contribution in [0.4, 0.5) is 0 Å². The summed E-state index contributed by atoms with van der Waals surface area (Å²) in [5.74, 6) is 0. The molecule has 0 atom stereocenters. The second kappa shape index (κ2) is 10.4. The van der Waals surface area contributed by atoms with Crippen LogP contribution in [-0.2, 0) is 49.1 Å². The van der Waals surface area contributed by atoms with Gasteiger partial charge in [-0.25, -0.2) is 0 Å². The van der Waals surface area contributed by atoms with E-state index in [1.54, 1.807) is 0 Å². The van der Waals surface area contributed by atoms with Gasteiger partial charge in [-0.2, -0.15) is 0 Å². The van der Waals surface area contributed by atoms with Gasteiger partial charge < -0.3 is 0 Å². The van der Waals surface area contributed by atoms with Gasteiger partial charge in [-0.05, 0) is 0 Å². The van der Waals surface area contributed by atoms with Gasteiger partial charge in [-0.1, -0.05) is 0 Å². The van der Waals surface area contributed by atoms with Crippen molar-refractivity contribution in [2.45, 2.75) is 0 Å². The Labute approximate surface area is 143 Å². The molecule has 0 aromatic rings. The van der Waals surface area contributed by atoms with Crippen LogP contribution in [0.2, 0.25) is 0 Å². The molecule has 4 bridgehead atoms. The fourth-order valence-electron chi connectivity index (χ4n) is 2.30. The number of nitriles is 4. The van der Waals surface area contributed by atoms with E-state index < -0.39 is 49.1 Å². The topological polar surface area (TPSA) is 108 Å². The maximum absolute atomic E-state index is 7.69. The van der Waals surface area contributed by atoms with E-state index in [4.69, 9.17) is 21.0 Å². The van der Waals surface area contributed by atoms with Gasteiger partial charge in [0, 0.05) is 0 Å². The van der Waals surface area contributed by atoms with Crippen LogP contribution < -0.4 is 0 Å². The van der Waals surface area contributed by atoms with Gasteiger partial charge in [-0.3, -0.25) is 19.6 Å². The summed E-state index contributed by atoms with van der Waals surface area (Å²) in [5, 5.41) is 30.8. The van der Waals surface area contributed by atoms with E-state index in [2.05, 4.69) is 19.6 Å². The predicted octanol–water partition coefficient (Wildman–Crippen LogP) is -0.958. The average Bonchev–Trinajstić information content (AvgIpc) is 2.40. The average molecular weight is 645 g/mol. The van der Waals surface area contributed by atoms with Crippen molar-refractivity contribution in [3.8, 4) is 14.3 Å². The molecule has 4 aliphatic heterocycles. The van der Waals surface area contributed by atoms with Crippen LogP contribution in [0.15, 0.2) is 0 Å². The van der Waals surface area contributed by atoms with Crippen molar-refractivity contribution in [2.24, 2.45) is 0 Å². The SMILES string of the molecule is C1N2CN3CN1CN(C2)C3.N#[C][Hg][C]#N.N#[C][Hg][C]#N. The number of nitrogens with zero attached hydrogens (tertiary/aromatic N) is 8. The van der Waals surface area contributed by atoms with Gasteiger partial charge in [0.15, 0.2) is 0 Å². The van der Waals surface area contributed by atoms with Gasteiger partial charge >= 0.3 is 84.5 Å². The third-order valence-electron chi connectivity index (χ3n) is 2.72. The summed E-state index contributed by atoms with van der Waals surface area (Å²) < 4.78 is 7.51. The molecule has 4 heterocycles. The van der Waals surface area contributed by atoms with E-state index in [-0.39, 0.29) is 0 Å². The molecule has 0 aromatic heterocycles. The molecule has 96 valence electrons. The van der Waals surface area contributed by atoms with Crippen LogP contribution in [0.1, 0.15) is 0 Å². The van der Waals surface area contributed by atoms with E-state index >= 15 is 0 Å². The zero-order chi connectivity index (χ0) is 14.8. The van der Waals surface area contributed by atoms with E-state index in [9.17, 15) is 0 Å². The van der Waals surface area contributed by atoms with Crippen LogP contribution in [-0.4, -0.2) is 59.6 Å². The first-order valence-electron chi connectivity index (χ1n) is 6.10. The van der Waals surface area contributed by atoms with Crippen molar-refractivity contribution in [3.05, 3.63) is 0 Å². The van der Waals surface area contributed by atoms with Crippen molar-refractivity contribution >= 4 is 0 Å². The molecule has 4 fully saturated rings. The summed E-state index contributed by atoms with van der Waals surface area (Å²) >= 11 is -3.06. The Balaban J connectivity index is 0.000000173. The molecule has 0 aliphatic carbocycles. The Bertz CT molecular complexity index is 361. The Hall–Kier alpha value is -0.330. The quantitative estimate of drug-likeness (QED) is 0.311. The molecule has 0 radical (unpaired) electrons. The molecular weight excluding hydrogens is 633 g/mol. The fraction of sp³-hybridized carbons (Fsp3) is 0.600. The zero-order valence-corrected chi connectivity index (χ0v) is 22.2. The molecule has 4 rings (SSSR count). The number of hydrogen-bond donors (Lipinski definition) is 0.